The highest BCUT2D eigenvalue weighted by Crippen LogP contribution is 2.42. The highest BCUT2D eigenvalue weighted by molar-refractivity contribution is 6.30. The van der Waals surface area contributed by atoms with Crippen LogP contribution in [0.5, 0.6) is 0 Å². The van der Waals surface area contributed by atoms with E-state index in [1.807, 2.05) is 18.3 Å². The fourth-order valence-electron chi connectivity index (χ4n) is 4.74. The van der Waals surface area contributed by atoms with Crippen LogP contribution in [-0.2, 0) is 26.1 Å². The SMILES string of the molecule is FCc1ncc2c(n1)c1c(n2CCc2ccc(Cl)cc2)CCN2CCCC12. The molecule has 4 nitrogen and oxygen atoms in total. The maximum Gasteiger partial charge on any atom is 0.160 e. The van der Waals surface area contributed by atoms with Crippen LogP contribution < -0.4 is 0 Å². The molecule has 0 radical (unpaired) electrons. The van der Waals surface area contributed by atoms with Gasteiger partial charge in [-0.3, -0.25) is 4.90 Å². The van der Waals surface area contributed by atoms with Crippen LogP contribution in [0.25, 0.3) is 11.0 Å². The van der Waals surface area contributed by atoms with Crippen molar-refractivity contribution in [3.63, 3.8) is 0 Å². The van der Waals surface area contributed by atoms with Gasteiger partial charge in [0.2, 0.25) is 0 Å². The number of nitrogens with zero attached hydrogens (tertiary/aromatic N) is 4. The van der Waals surface area contributed by atoms with Gasteiger partial charge in [0.1, 0.15) is 6.67 Å². The molecule has 3 aromatic rings. The van der Waals surface area contributed by atoms with Crippen molar-refractivity contribution >= 4 is 22.6 Å². The van der Waals surface area contributed by atoms with Gasteiger partial charge in [-0.25, -0.2) is 14.4 Å². The summed E-state index contributed by atoms with van der Waals surface area (Å²) in [6.45, 7) is 2.51. The van der Waals surface area contributed by atoms with E-state index in [1.165, 1.54) is 23.2 Å². The summed E-state index contributed by atoms with van der Waals surface area (Å²) in [5.41, 5.74) is 5.95. The zero-order chi connectivity index (χ0) is 18.4. The summed E-state index contributed by atoms with van der Waals surface area (Å²) < 4.78 is 15.6. The molecule has 140 valence electrons. The molecule has 1 atom stereocenters. The first kappa shape index (κ1) is 17.1. The first-order chi connectivity index (χ1) is 13.2. The van der Waals surface area contributed by atoms with Crippen LogP contribution in [0.1, 0.15) is 41.5 Å². The van der Waals surface area contributed by atoms with Crippen LogP contribution in [0, 0.1) is 0 Å². The number of fused-ring (bicyclic) bond motifs is 5. The first-order valence-electron chi connectivity index (χ1n) is 9.66. The lowest BCUT2D eigenvalue weighted by Crippen LogP contribution is -2.31. The van der Waals surface area contributed by atoms with Crippen molar-refractivity contribution in [2.24, 2.45) is 0 Å². The summed E-state index contributed by atoms with van der Waals surface area (Å²) >= 11 is 6.01. The summed E-state index contributed by atoms with van der Waals surface area (Å²) in [7, 11) is 0. The van der Waals surface area contributed by atoms with Gasteiger partial charge >= 0.3 is 0 Å². The molecule has 1 unspecified atom stereocenters. The molecular weight excluding hydrogens is 363 g/mol. The molecule has 2 aromatic heterocycles. The van der Waals surface area contributed by atoms with Gasteiger partial charge < -0.3 is 4.57 Å². The highest BCUT2D eigenvalue weighted by atomic mass is 35.5. The maximum absolute atomic E-state index is 13.2. The largest absolute Gasteiger partial charge is 0.341 e. The van der Waals surface area contributed by atoms with Crippen LogP contribution in [-0.4, -0.2) is 32.5 Å². The Morgan fingerprint density at radius 1 is 1.19 bits per heavy atom. The number of hydrogen-bond acceptors (Lipinski definition) is 3. The summed E-state index contributed by atoms with van der Waals surface area (Å²) in [6, 6.07) is 8.46. The topological polar surface area (TPSA) is 34.0 Å². The first-order valence-corrected chi connectivity index (χ1v) is 10.0. The predicted molar refractivity (Wildman–Crippen MR) is 105 cm³/mol. The molecule has 0 amide bonds. The van der Waals surface area contributed by atoms with Crippen LogP contribution in [0.15, 0.2) is 30.5 Å². The molecule has 0 saturated carbocycles. The average Bonchev–Trinajstić information content (AvgIpc) is 3.29. The Balaban J connectivity index is 1.58. The Hall–Kier alpha value is -1.98. The highest BCUT2D eigenvalue weighted by Gasteiger charge is 2.36. The van der Waals surface area contributed by atoms with Gasteiger partial charge in [0.25, 0.3) is 0 Å². The van der Waals surface area contributed by atoms with E-state index in [2.05, 4.69) is 31.6 Å². The van der Waals surface area contributed by atoms with Crippen molar-refractivity contribution in [3.8, 4) is 0 Å². The van der Waals surface area contributed by atoms with Crippen LogP contribution in [0.2, 0.25) is 5.02 Å². The van der Waals surface area contributed by atoms with E-state index in [4.69, 9.17) is 11.6 Å². The molecule has 6 heteroatoms. The lowest BCUT2D eigenvalue weighted by atomic mass is 9.98. The molecule has 0 spiro atoms. The Morgan fingerprint density at radius 2 is 2.04 bits per heavy atom. The van der Waals surface area contributed by atoms with Crippen LogP contribution >= 0.6 is 11.6 Å². The molecule has 5 rings (SSSR count). The van der Waals surface area contributed by atoms with Crippen molar-refractivity contribution in [1.82, 2.24) is 19.4 Å². The van der Waals surface area contributed by atoms with Gasteiger partial charge in [-0.15, -0.1) is 0 Å². The van der Waals surface area contributed by atoms with Crippen LogP contribution in [0.3, 0.4) is 0 Å². The van der Waals surface area contributed by atoms with E-state index in [9.17, 15) is 4.39 Å². The van der Waals surface area contributed by atoms with Crippen molar-refractivity contribution in [3.05, 3.63) is 58.1 Å². The van der Waals surface area contributed by atoms with Gasteiger partial charge in [-0.2, -0.15) is 0 Å². The third-order valence-electron chi connectivity index (χ3n) is 5.99. The molecule has 4 heterocycles. The van der Waals surface area contributed by atoms with E-state index in [1.54, 1.807) is 0 Å². The van der Waals surface area contributed by atoms with E-state index >= 15 is 0 Å². The minimum atomic E-state index is -0.616. The van der Waals surface area contributed by atoms with Crippen LogP contribution in [0.4, 0.5) is 4.39 Å². The van der Waals surface area contributed by atoms with Crippen molar-refractivity contribution < 1.29 is 4.39 Å². The minimum absolute atomic E-state index is 0.287. The second kappa shape index (κ2) is 6.88. The molecule has 0 bridgehead atoms. The molecule has 1 aromatic carbocycles. The lowest BCUT2D eigenvalue weighted by molar-refractivity contribution is 0.241. The summed E-state index contributed by atoms with van der Waals surface area (Å²) in [4.78, 5) is 11.4. The van der Waals surface area contributed by atoms with Gasteiger partial charge in [0, 0.05) is 41.8 Å². The standard InChI is InChI=1S/C21H22ClFN4/c22-15-5-3-14(4-6-15)7-11-27-17-8-10-26-9-1-2-16(26)20(17)21-18(27)13-24-19(12-23)25-21/h3-6,13,16H,1-2,7-12H2. The third-order valence-corrected chi connectivity index (χ3v) is 6.24. The number of alkyl halides is 1. The second-order valence-corrected chi connectivity index (χ2v) is 7.92. The molecule has 0 N–H and O–H groups in total. The van der Waals surface area contributed by atoms with Crippen molar-refractivity contribution in [2.45, 2.75) is 44.9 Å². The Bertz CT molecular complexity index is 982. The molecule has 0 aliphatic carbocycles. The number of rotatable bonds is 4. The van der Waals surface area contributed by atoms with Crippen molar-refractivity contribution in [2.75, 3.05) is 13.1 Å². The fourth-order valence-corrected chi connectivity index (χ4v) is 4.86. The lowest BCUT2D eigenvalue weighted by Gasteiger charge is -2.30. The Kier molecular flexibility index (Phi) is 4.37. The zero-order valence-electron chi connectivity index (χ0n) is 15.2. The molecular formula is C21H22ClFN4. The molecule has 1 fully saturated rings. The molecule has 2 aliphatic rings. The third kappa shape index (κ3) is 2.93. The molecule has 2 aliphatic heterocycles. The second-order valence-electron chi connectivity index (χ2n) is 7.49. The summed E-state index contributed by atoms with van der Waals surface area (Å²) in [5, 5.41) is 0.760. The van der Waals surface area contributed by atoms with E-state index in [0.29, 0.717) is 6.04 Å². The molecule has 1 saturated heterocycles. The summed E-state index contributed by atoms with van der Waals surface area (Å²) in [6.07, 6.45) is 6.15. The number of aromatic nitrogens is 3. The van der Waals surface area contributed by atoms with Gasteiger partial charge in [0.05, 0.1) is 17.2 Å². The minimum Gasteiger partial charge on any atom is -0.341 e. The number of aryl methyl sites for hydroxylation is 2. The number of hydrogen-bond donors (Lipinski definition) is 0. The smallest absolute Gasteiger partial charge is 0.160 e. The quantitative estimate of drug-likeness (QED) is 0.664. The fraction of sp³-hybridized carbons (Fsp3) is 0.429. The van der Waals surface area contributed by atoms with E-state index < -0.39 is 6.67 Å². The van der Waals surface area contributed by atoms with Gasteiger partial charge in [0.15, 0.2) is 5.82 Å². The predicted octanol–water partition coefficient (Wildman–Crippen LogP) is 4.49. The van der Waals surface area contributed by atoms with E-state index in [-0.39, 0.29) is 5.82 Å². The van der Waals surface area contributed by atoms with Gasteiger partial charge in [-0.1, -0.05) is 23.7 Å². The van der Waals surface area contributed by atoms with Crippen molar-refractivity contribution in [1.29, 1.82) is 0 Å². The Labute approximate surface area is 163 Å². The number of halogens is 2. The summed E-state index contributed by atoms with van der Waals surface area (Å²) in [5.74, 6) is 0.287. The zero-order valence-corrected chi connectivity index (χ0v) is 15.9. The monoisotopic (exact) mass is 384 g/mol. The normalized spacial score (nSPS) is 19.4. The van der Waals surface area contributed by atoms with E-state index in [0.717, 1.165) is 55.0 Å². The Morgan fingerprint density at radius 3 is 2.85 bits per heavy atom. The average molecular weight is 385 g/mol. The van der Waals surface area contributed by atoms with Gasteiger partial charge in [-0.05, 0) is 43.5 Å². The number of benzene rings is 1. The molecule has 27 heavy (non-hydrogen) atoms. The maximum atomic E-state index is 13.2.